The first-order chi connectivity index (χ1) is 8.00. The normalized spacial score (nSPS) is 20.8. The van der Waals surface area contributed by atoms with Crippen molar-refractivity contribution in [2.24, 2.45) is 11.1 Å². The number of likely N-dealkylation sites (N-methyl/N-ethyl adjacent to an activating group) is 1. The highest BCUT2D eigenvalue weighted by molar-refractivity contribution is 5.91. The highest BCUT2D eigenvalue weighted by Gasteiger charge is 2.38. The van der Waals surface area contributed by atoms with Crippen LogP contribution in [0.4, 0.5) is 0 Å². The molecule has 0 aromatic carbocycles. The van der Waals surface area contributed by atoms with E-state index in [4.69, 9.17) is 5.73 Å². The Kier molecular flexibility index (Phi) is 4.51. The lowest BCUT2D eigenvalue weighted by molar-refractivity contribution is -0.136. The smallest absolute Gasteiger partial charge is 0.244 e. The van der Waals surface area contributed by atoms with Gasteiger partial charge in [0.05, 0.1) is 5.41 Å². The van der Waals surface area contributed by atoms with Crippen LogP contribution in [0.2, 0.25) is 0 Å². The van der Waals surface area contributed by atoms with Crippen molar-refractivity contribution in [3.63, 3.8) is 0 Å². The minimum atomic E-state index is -0.526. The molecule has 1 unspecified atom stereocenters. The first-order valence-corrected chi connectivity index (χ1v) is 6.26. The largest absolute Gasteiger partial charge is 0.344 e. The fourth-order valence-electron chi connectivity index (χ4n) is 2.22. The summed E-state index contributed by atoms with van der Waals surface area (Å²) < 4.78 is 0. The van der Waals surface area contributed by atoms with E-state index in [1.165, 1.54) is 0 Å². The number of likely N-dealkylation sites (tertiary alicyclic amines) is 1. The molecule has 1 heterocycles. The second-order valence-electron chi connectivity index (χ2n) is 4.77. The Morgan fingerprint density at radius 2 is 2.12 bits per heavy atom. The SMILES string of the molecule is CCC(CC)(CN)C(=O)NC1CCN(C)C1=O. The summed E-state index contributed by atoms with van der Waals surface area (Å²) >= 11 is 0. The molecule has 1 aliphatic heterocycles. The van der Waals surface area contributed by atoms with Gasteiger partial charge in [-0.25, -0.2) is 0 Å². The monoisotopic (exact) mass is 241 g/mol. The van der Waals surface area contributed by atoms with Gasteiger partial charge in [0.2, 0.25) is 11.8 Å². The van der Waals surface area contributed by atoms with Gasteiger partial charge in [-0.2, -0.15) is 0 Å². The molecule has 0 aromatic rings. The van der Waals surface area contributed by atoms with Gasteiger partial charge >= 0.3 is 0 Å². The fourth-order valence-corrected chi connectivity index (χ4v) is 2.22. The average Bonchev–Trinajstić information content (AvgIpc) is 2.64. The fraction of sp³-hybridized carbons (Fsp3) is 0.833. The van der Waals surface area contributed by atoms with Crippen LogP contribution in [0.5, 0.6) is 0 Å². The van der Waals surface area contributed by atoms with Gasteiger partial charge < -0.3 is 16.0 Å². The number of hydrogen-bond acceptors (Lipinski definition) is 3. The Morgan fingerprint density at radius 3 is 2.47 bits per heavy atom. The third-order valence-electron chi connectivity index (χ3n) is 3.96. The molecule has 2 amide bonds. The Morgan fingerprint density at radius 1 is 1.53 bits per heavy atom. The van der Waals surface area contributed by atoms with Gasteiger partial charge in [-0.15, -0.1) is 0 Å². The van der Waals surface area contributed by atoms with Crippen LogP contribution >= 0.6 is 0 Å². The van der Waals surface area contributed by atoms with Crippen molar-refractivity contribution in [1.82, 2.24) is 10.2 Å². The number of nitrogens with two attached hydrogens (primary N) is 1. The lowest BCUT2D eigenvalue weighted by atomic mass is 9.81. The van der Waals surface area contributed by atoms with Crippen LogP contribution in [0.15, 0.2) is 0 Å². The van der Waals surface area contributed by atoms with Crippen molar-refractivity contribution >= 4 is 11.8 Å². The van der Waals surface area contributed by atoms with Crippen LogP contribution in [-0.4, -0.2) is 42.9 Å². The molecule has 0 aromatic heterocycles. The highest BCUT2D eigenvalue weighted by Crippen LogP contribution is 2.25. The molecule has 0 aliphatic carbocycles. The Hall–Kier alpha value is -1.10. The maximum absolute atomic E-state index is 12.2. The van der Waals surface area contributed by atoms with Crippen LogP contribution in [0, 0.1) is 5.41 Å². The van der Waals surface area contributed by atoms with Crippen molar-refractivity contribution in [3.8, 4) is 0 Å². The van der Waals surface area contributed by atoms with Crippen molar-refractivity contribution < 1.29 is 9.59 Å². The van der Waals surface area contributed by atoms with E-state index in [9.17, 15) is 9.59 Å². The Bertz CT molecular complexity index is 292. The summed E-state index contributed by atoms with van der Waals surface area (Å²) in [6.07, 6.45) is 2.08. The topological polar surface area (TPSA) is 75.4 Å². The van der Waals surface area contributed by atoms with Crippen LogP contribution in [0.1, 0.15) is 33.1 Å². The van der Waals surface area contributed by atoms with Gasteiger partial charge in [-0.05, 0) is 19.3 Å². The quantitative estimate of drug-likeness (QED) is 0.716. The average molecular weight is 241 g/mol. The third kappa shape index (κ3) is 2.60. The van der Waals surface area contributed by atoms with Crippen LogP contribution in [0.25, 0.3) is 0 Å². The molecular formula is C12H23N3O2. The molecule has 1 saturated heterocycles. The second kappa shape index (κ2) is 5.49. The van der Waals surface area contributed by atoms with Crippen molar-refractivity contribution in [3.05, 3.63) is 0 Å². The van der Waals surface area contributed by atoms with Crippen LogP contribution < -0.4 is 11.1 Å². The molecule has 0 saturated carbocycles. The van der Waals surface area contributed by atoms with E-state index in [1.54, 1.807) is 11.9 Å². The zero-order valence-corrected chi connectivity index (χ0v) is 11.0. The molecule has 98 valence electrons. The van der Waals surface area contributed by atoms with E-state index >= 15 is 0 Å². The van der Waals surface area contributed by atoms with Gasteiger partial charge in [0.25, 0.3) is 0 Å². The molecule has 17 heavy (non-hydrogen) atoms. The maximum Gasteiger partial charge on any atom is 0.244 e. The number of nitrogens with zero attached hydrogens (tertiary/aromatic N) is 1. The van der Waals surface area contributed by atoms with E-state index in [1.807, 2.05) is 13.8 Å². The standard InChI is InChI=1S/C12H23N3O2/c1-4-12(5-2,8-13)11(17)14-9-6-7-15(3)10(9)16/h9H,4-8,13H2,1-3H3,(H,14,17). The third-order valence-corrected chi connectivity index (χ3v) is 3.96. The summed E-state index contributed by atoms with van der Waals surface area (Å²) in [6, 6.07) is -0.364. The molecule has 3 N–H and O–H groups in total. The lowest BCUT2D eigenvalue weighted by Crippen LogP contribution is -2.50. The number of amides is 2. The van der Waals surface area contributed by atoms with Gasteiger partial charge in [0.1, 0.15) is 6.04 Å². The highest BCUT2D eigenvalue weighted by atomic mass is 16.2. The number of nitrogens with one attached hydrogen (secondary N) is 1. The van der Waals surface area contributed by atoms with Gasteiger partial charge in [-0.3, -0.25) is 9.59 Å². The number of carbonyl (C=O) groups is 2. The van der Waals surface area contributed by atoms with Crippen molar-refractivity contribution in [1.29, 1.82) is 0 Å². The molecule has 0 bridgehead atoms. The first kappa shape index (κ1) is 14.0. The zero-order valence-electron chi connectivity index (χ0n) is 11.0. The molecule has 0 radical (unpaired) electrons. The second-order valence-corrected chi connectivity index (χ2v) is 4.77. The van der Waals surface area contributed by atoms with Gasteiger partial charge in [0, 0.05) is 20.1 Å². The molecule has 1 fully saturated rings. The predicted molar refractivity (Wildman–Crippen MR) is 66.3 cm³/mol. The first-order valence-electron chi connectivity index (χ1n) is 6.26. The summed E-state index contributed by atoms with van der Waals surface area (Å²) in [6.45, 7) is 4.94. The molecule has 1 aliphatic rings. The minimum Gasteiger partial charge on any atom is -0.344 e. The van der Waals surface area contributed by atoms with Crippen LogP contribution in [0.3, 0.4) is 0 Å². The molecule has 0 spiro atoms. The van der Waals surface area contributed by atoms with E-state index in [2.05, 4.69) is 5.32 Å². The van der Waals surface area contributed by atoms with Gasteiger partial charge in [-0.1, -0.05) is 13.8 Å². The summed E-state index contributed by atoms with van der Waals surface area (Å²) in [5.74, 6) is -0.0878. The van der Waals surface area contributed by atoms with E-state index in [-0.39, 0.29) is 17.9 Å². The summed E-state index contributed by atoms with van der Waals surface area (Å²) in [7, 11) is 1.75. The number of rotatable bonds is 5. The van der Waals surface area contributed by atoms with Crippen molar-refractivity contribution in [2.75, 3.05) is 20.1 Å². The molecule has 5 heteroatoms. The van der Waals surface area contributed by atoms with E-state index in [0.29, 0.717) is 32.4 Å². The van der Waals surface area contributed by atoms with Crippen LogP contribution in [-0.2, 0) is 9.59 Å². The molecule has 1 atom stereocenters. The number of hydrogen-bond donors (Lipinski definition) is 2. The summed E-state index contributed by atoms with van der Waals surface area (Å²) in [5.41, 5.74) is 5.18. The predicted octanol–water partition coefficient (Wildman–Crippen LogP) is 0.0984. The number of carbonyl (C=O) groups excluding carboxylic acids is 2. The lowest BCUT2D eigenvalue weighted by Gasteiger charge is -2.29. The maximum atomic E-state index is 12.2. The van der Waals surface area contributed by atoms with E-state index < -0.39 is 5.41 Å². The Balaban J connectivity index is 2.68. The summed E-state index contributed by atoms with van der Waals surface area (Å²) in [4.78, 5) is 25.6. The molecule has 1 rings (SSSR count). The zero-order chi connectivity index (χ0) is 13.1. The van der Waals surface area contributed by atoms with Crippen molar-refractivity contribution in [2.45, 2.75) is 39.2 Å². The Labute approximate surface area is 103 Å². The molecular weight excluding hydrogens is 218 g/mol. The molecule has 5 nitrogen and oxygen atoms in total. The van der Waals surface area contributed by atoms with Gasteiger partial charge in [0.15, 0.2) is 0 Å². The van der Waals surface area contributed by atoms with E-state index in [0.717, 1.165) is 0 Å². The summed E-state index contributed by atoms with van der Waals surface area (Å²) in [5, 5.41) is 2.84. The minimum absolute atomic E-state index is 0.00326.